The number of aryl methyl sites for hydroxylation is 2. The van der Waals surface area contributed by atoms with Gasteiger partial charge in [-0.25, -0.2) is 9.97 Å². The molecule has 0 bridgehead atoms. The van der Waals surface area contributed by atoms with E-state index >= 15 is 0 Å². The Morgan fingerprint density at radius 3 is 2.25 bits per heavy atom. The van der Waals surface area contributed by atoms with Gasteiger partial charge in [-0.3, -0.25) is 4.57 Å². The van der Waals surface area contributed by atoms with E-state index in [2.05, 4.69) is 101 Å². The summed E-state index contributed by atoms with van der Waals surface area (Å²) in [7, 11) is 0. The fourth-order valence-electron chi connectivity index (χ4n) is 5.10. The molecule has 0 aliphatic carbocycles. The minimum absolute atomic E-state index is 0.662. The lowest BCUT2D eigenvalue weighted by Crippen LogP contribution is -1.98. The summed E-state index contributed by atoms with van der Waals surface area (Å²) in [6.45, 7) is 4.10. The van der Waals surface area contributed by atoms with Crippen LogP contribution in [0.1, 0.15) is 11.3 Å². The van der Waals surface area contributed by atoms with Crippen LogP contribution in [0, 0.1) is 13.8 Å². The van der Waals surface area contributed by atoms with E-state index in [9.17, 15) is 0 Å². The van der Waals surface area contributed by atoms with E-state index in [-0.39, 0.29) is 0 Å². The number of nitrogens with zero attached hydrogens (tertiary/aromatic N) is 3. The van der Waals surface area contributed by atoms with Gasteiger partial charge in [0.2, 0.25) is 5.71 Å². The second-order valence-corrected chi connectivity index (χ2v) is 9.21. The standard InChI is InChI=1S/C32H23N3O/c1-20-12-18-26(30-29(20)25-19-13-21(2)33-32(25)36-30)31-34-27-10-6-7-11-28(27)35(31)24-16-14-23(15-17-24)22-8-4-3-5-9-22/h3-19H,1-2H3. The minimum atomic E-state index is 0.662. The number of fused-ring (bicyclic) bond motifs is 4. The molecule has 0 N–H and O–H groups in total. The van der Waals surface area contributed by atoms with Crippen LogP contribution in [0.25, 0.3) is 61.3 Å². The van der Waals surface area contributed by atoms with Crippen molar-refractivity contribution in [2.24, 2.45) is 0 Å². The molecule has 36 heavy (non-hydrogen) atoms. The van der Waals surface area contributed by atoms with Gasteiger partial charge >= 0.3 is 0 Å². The quantitative estimate of drug-likeness (QED) is 0.264. The van der Waals surface area contributed by atoms with Crippen LogP contribution < -0.4 is 0 Å². The maximum absolute atomic E-state index is 6.40. The van der Waals surface area contributed by atoms with E-state index in [4.69, 9.17) is 9.40 Å². The maximum Gasteiger partial charge on any atom is 0.227 e. The van der Waals surface area contributed by atoms with Gasteiger partial charge in [-0.15, -0.1) is 0 Å². The Hall–Kier alpha value is -4.70. The van der Waals surface area contributed by atoms with Crippen LogP contribution in [0.2, 0.25) is 0 Å². The molecule has 0 aliphatic heterocycles. The predicted molar refractivity (Wildman–Crippen MR) is 146 cm³/mol. The molecular weight excluding hydrogens is 442 g/mol. The zero-order chi connectivity index (χ0) is 24.2. The topological polar surface area (TPSA) is 43.9 Å². The average Bonchev–Trinajstić information content (AvgIpc) is 3.48. The largest absolute Gasteiger partial charge is 0.437 e. The highest BCUT2D eigenvalue weighted by Gasteiger charge is 2.21. The summed E-state index contributed by atoms with van der Waals surface area (Å²) < 4.78 is 8.62. The summed E-state index contributed by atoms with van der Waals surface area (Å²) >= 11 is 0. The van der Waals surface area contributed by atoms with E-state index in [1.807, 2.05) is 25.1 Å². The molecule has 7 aromatic rings. The van der Waals surface area contributed by atoms with E-state index in [1.165, 1.54) is 11.1 Å². The number of aromatic nitrogens is 3. The first-order chi connectivity index (χ1) is 17.7. The van der Waals surface area contributed by atoms with Crippen molar-refractivity contribution < 1.29 is 4.42 Å². The lowest BCUT2D eigenvalue weighted by molar-refractivity contribution is 0.653. The lowest BCUT2D eigenvalue weighted by atomic mass is 10.0. The number of pyridine rings is 1. The van der Waals surface area contributed by atoms with Crippen LogP contribution in [0.3, 0.4) is 0 Å². The van der Waals surface area contributed by atoms with Gasteiger partial charge in [-0.1, -0.05) is 60.7 Å². The van der Waals surface area contributed by atoms with Gasteiger partial charge < -0.3 is 4.42 Å². The van der Waals surface area contributed by atoms with Gasteiger partial charge in [0.05, 0.1) is 16.6 Å². The molecule has 0 radical (unpaired) electrons. The van der Waals surface area contributed by atoms with Crippen LogP contribution in [0.4, 0.5) is 0 Å². The van der Waals surface area contributed by atoms with Crippen LogP contribution in [0.15, 0.2) is 108 Å². The molecule has 4 heteroatoms. The highest BCUT2D eigenvalue weighted by molar-refractivity contribution is 6.10. The first-order valence-corrected chi connectivity index (χ1v) is 12.1. The first-order valence-electron chi connectivity index (χ1n) is 12.1. The van der Waals surface area contributed by atoms with Crippen molar-refractivity contribution in [3.63, 3.8) is 0 Å². The van der Waals surface area contributed by atoms with E-state index < -0.39 is 0 Å². The van der Waals surface area contributed by atoms with E-state index in [0.717, 1.165) is 55.7 Å². The molecule has 3 heterocycles. The Bertz CT molecular complexity index is 1890. The Morgan fingerprint density at radius 2 is 1.42 bits per heavy atom. The molecule has 0 amide bonds. The van der Waals surface area contributed by atoms with Gasteiger partial charge in [-0.2, -0.15) is 0 Å². The number of hydrogen-bond acceptors (Lipinski definition) is 3. The Balaban J connectivity index is 1.49. The molecule has 0 aliphatic rings. The summed E-state index contributed by atoms with van der Waals surface area (Å²) in [5, 5.41) is 2.12. The van der Waals surface area contributed by atoms with Crippen molar-refractivity contribution in [1.29, 1.82) is 0 Å². The van der Waals surface area contributed by atoms with Crippen molar-refractivity contribution in [3.05, 3.63) is 114 Å². The van der Waals surface area contributed by atoms with Crippen LogP contribution in [-0.4, -0.2) is 14.5 Å². The van der Waals surface area contributed by atoms with E-state index in [0.29, 0.717) is 5.71 Å². The molecule has 0 spiro atoms. The molecule has 0 unspecified atom stereocenters. The molecule has 0 fully saturated rings. The van der Waals surface area contributed by atoms with Gasteiger partial charge in [0, 0.05) is 22.2 Å². The van der Waals surface area contributed by atoms with Crippen molar-refractivity contribution in [1.82, 2.24) is 14.5 Å². The maximum atomic E-state index is 6.40. The third-order valence-corrected chi connectivity index (χ3v) is 6.87. The van der Waals surface area contributed by atoms with Gasteiger partial charge in [0.15, 0.2) is 0 Å². The number of rotatable bonds is 3. The fraction of sp³-hybridized carbons (Fsp3) is 0.0625. The Kier molecular flexibility index (Phi) is 4.55. The molecule has 0 atom stereocenters. The highest BCUT2D eigenvalue weighted by Crippen LogP contribution is 2.39. The monoisotopic (exact) mass is 465 g/mol. The number of para-hydroxylation sites is 2. The second-order valence-electron chi connectivity index (χ2n) is 9.21. The third-order valence-electron chi connectivity index (χ3n) is 6.87. The summed E-state index contributed by atoms with van der Waals surface area (Å²) in [4.78, 5) is 9.75. The Labute approximate surface area is 208 Å². The SMILES string of the molecule is Cc1ccc2c(n1)oc1c(-c3nc4ccccc4n3-c3ccc(-c4ccccc4)cc3)ccc(C)c12. The zero-order valence-electron chi connectivity index (χ0n) is 20.1. The van der Waals surface area contributed by atoms with Crippen LogP contribution in [-0.2, 0) is 0 Å². The number of imidazole rings is 1. The molecule has 3 aromatic heterocycles. The van der Waals surface area contributed by atoms with Crippen LogP contribution >= 0.6 is 0 Å². The van der Waals surface area contributed by atoms with Gasteiger partial charge in [0.25, 0.3) is 0 Å². The Morgan fingerprint density at radius 1 is 0.667 bits per heavy atom. The second kappa shape index (κ2) is 7.92. The van der Waals surface area contributed by atoms with Crippen LogP contribution in [0.5, 0.6) is 0 Å². The predicted octanol–water partition coefficient (Wildman–Crippen LogP) is 8.27. The molecule has 4 nitrogen and oxygen atoms in total. The number of benzene rings is 4. The van der Waals surface area contributed by atoms with E-state index in [1.54, 1.807) is 0 Å². The van der Waals surface area contributed by atoms with Crippen molar-refractivity contribution in [2.75, 3.05) is 0 Å². The summed E-state index contributed by atoms with van der Waals surface area (Å²) in [6, 6.07) is 35.8. The molecule has 0 saturated carbocycles. The smallest absolute Gasteiger partial charge is 0.227 e. The average molecular weight is 466 g/mol. The summed E-state index contributed by atoms with van der Waals surface area (Å²) in [5.41, 5.74) is 9.96. The molecule has 7 rings (SSSR count). The highest BCUT2D eigenvalue weighted by atomic mass is 16.3. The fourth-order valence-corrected chi connectivity index (χ4v) is 5.10. The first kappa shape index (κ1) is 20.7. The molecule has 0 saturated heterocycles. The van der Waals surface area contributed by atoms with Crippen molar-refractivity contribution in [3.8, 4) is 28.2 Å². The molecule has 172 valence electrons. The van der Waals surface area contributed by atoms with Gasteiger partial charge in [0.1, 0.15) is 11.4 Å². The van der Waals surface area contributed by atoms with Crippen molar-refractivity contribution in [2.45, 2.75) is 13.8 Å². The number of hydrogen-bond donors (Lipinski definition) is 0. The third kappa shape index (κ3) is 3.15. The zero-order valence-corrected chi connectivity index (χ0v) is 20.1. The summed E-state index contributed by atoms with van der Waals surface area (Å²) in [6.07, 6.45) is 0. The van der Waals surface area contributed by atoms with Gasteiger partial charge in [-0.05, 0) is 73.0 Å². The molecular formula is C32H23N3O. The lowest BCUT2D eigenvalue weighted by Gasteiger charge is -2.11. The molecule has 4 aromatic carbocycles. The minimum Gasteiger partial charge on any atom is -0.437 e. The van der Waals surface area contributed by atoms with Crippen molar-refractivity contribution >= 4 is 33.1 Å². The number of furan rings is 1. The summed E-state index contributed by atoms with van der Waals surface area (Å²) in [5.74, 6) is 0.851. The normalized spacial score (nSPS) is 11.6.